The van der Waals surface area contributed by atoms with Gasteiger partial charge in [-0.2, -0.15) is 4.98 Å². The lowest BCUT2D eigenvalue weighted by atomic mass is 10.1. The van der Waals surface area contributed by atoms with Crippen LogP contribution in [0.1, 0.15) is 12.0 Å². The number of aryl methyl sites for hydroxylation is 1. The zero-order valence-corrected chi connectivity index (χ0v) is 25.9. The molecule has 0 aliphatic carbocycles. The topological polar surface area (TPSA) is 115 Å². The summed E-state index contributed by atoms with van der Waals surface area (Å²) in [4.78, 5) is 62.7. The van der Waals surface area contributed by atoms with E-state index in [-0.39, 0.29) is 41.8 Å². The summed E-state index contributed by atoms with van der Waals surface area (Å²) in [6.07, 6.45) is 0.0718. The smallest absolute Gasteiger partial charge is 0.332 e. The van der Waals surface area contributed by atoms with Gasteiger partial charge in [0, 0.05) is 40.3 Å². The first kappa shape index (κ1) is 30.1. The number of ether oxygens (including phenoxy) is 1. The maximum absolute atomic E-state index is 13.7. The second-order valence-electron chi connectivity index (χ2n) is 11.7. The van der Waals surface area contributed by atoms with Gasteiger partial charge < -0.3 is 9.64 Å². The van der Waals surface area contributed by atoms with E-state index in [1.54, 1.807) is 48.0 Å². The summed E-state index contributed by atoms with van der Waals surface area (Å²) in [5.74, 6) is 0.863. The highest BCUT2D eigenvalue weighted by atomic mass is 19.1. The monoisotopic (exact) mass is 637 g/mol. The van der Waals surface area contributed by atoms with E-state index in [0.29, 0.717) is 49.3 Å². The van der Waals surface area contributed by atoms with Gasteiger partial charge in [-0.3, -0.25) is 33.0 Å². The van der Waals surface area contributed by atoms with Crippen molar-refractivity contribution in [2.75, 3.05) is 36.0 Å². The Morgan fingerprint density at radius 1 is 0.809 bits per heavy atom. The Morgan fingerprint density at radius 2 is 1.47 bits per heavy atom. The fourth-order valence-corrected chi connectivity index (χ4v) is 6.29. The second kappa shape index (κ2) is 12.0. The van der Waals surface area contributed by atoms with E-state index in [2.05, 4.69) is 0 Å². The first-order chi connectivity index (χ1) is 22.7. The Balaban J connectivity index is 1.10. The fraction of sp³-hybridized carbons (Fsp3) is 0.265. The van der Waals surface area contributed by atoms with Crippen LogP contribution in [-0.2, 0) is 30.2 Å². The van der Waals surface area contributed by atoms with E-state index in [4.69, 9.17) is 9.72 Å². The van der Waals surface area contributed by atoms with Crippen LogP contribution < -0.4 is 25.8 Å². The molecule has 0 radical (unpaired) electrons. The third-order valence-corrected chi connectivity index (χ3v) is 8.82. The summed E-state index contributed by atoms with van der Waals surface area (Å²) in [5.41, 5.74) is 0.809. The Labute approximate surface area is 268 Å². The normalized spacial score (nSPS) is 17.2. The molecule has 0 N–H and O–H groups in total. The number of carbonyl (C=O) groups excluding carboxylic acids is 2. The van der Waals surface area contributed by atoms with Crippen molar-refractivity contribution < 1.29 is 18.7 Å². The second-order valence-corrected chi connectivity index (χ2v) is 11.7. The van der Waals surface area contributed by atoms with Crippen molar-refractivity contribution in [3.05, 3.63) is 111 Å². The molecule has 7 rings (SSSR count). The predicted octanol–water partition coefficient (Wildman–Crippen LogP) is 2.87. The SMILES string of the molecule is Cn1c(=O)c2c(nc(N3CCN(C4CC(=O)N(c5ccc(Oc6ccccc6)cc5)C4=O)CC3)n2Cc2ccc(F)cc2)n(C)c1=O. The molecule has 2 aliphatic rings. The largest absolute Gasteiger partial charge is 0.457 e. The van der Waals surface area contributed by atoms with Gasteiger partial charge in [0.2, 0.25) is 11.9 Å². The number of carbonyl (C=O) groups is 2. The maximum Gasteiger partial charge on any atom is 0.332 e. The number of aromatic nitrogens is 4. The molecule has 3 aromatic carbocycles. The minimum Gasteiger partial charge on any atom is -0.457 e. The van der Waals surface area contributed by atoms with E-state index >= 15 is 0 Å². The molecule has 4 heterocycles. The highest BCUT2D eigenvalue weighted by Gasteiger charge is 2.43. The first-order valence-corrected chi connectivity index (χ1v) is 15.3. The highest BCUT2D eigenvalue weighted by Crippen LogP contribution is 2.30. The average Bonchev–Trinajstić information content (AvgIpc) is 3.61. The molecule has 0 saturated carbocycles. The molecule has 2 aliphatic heterocycles. The van der Waals surface area contributed by atoms with E-state index < -0.39 is 17.3 Å². The number of imidazole rings is 1. The number of piperazine rings is 1. The summed E-state index contributed by atoms with van der Waals surface area (Å²) in [7, 11) is 2.99. The summed E-state index contributed by atoms with van der Waals surface area (Å²) < 4.78 is 23.6. The van der Waals surface area contributed by atoms with Crippen molar-refractivity contribution in [2.45, 2.75) is 19.0 Å². The third-order valence-electron chi connectivity index (χ3n) is 8.82. The molecular formula is C34H32FN7O5. The fourth-order valence-electron chi connectivity index (χ4n) is 6.29. The van der Waals surface area contributed by atoms with Gasteiger partial charge in [0.05, 0.1) is 24.7 Å². The molecule has 1 unspecified atom stereocenters. The summed E-state index contributed by atoms with van der Waals surface area (Å²) in [5, 5.41) is 0. The molecule has 240 valence electrons. The molecule has 2 fully saturated rings. The van der Waals surface area contributed by atoms with Crippen molar-refractivity contribution in [3.8, 4) is 11.5 Å². The molecule has 12 nitrogen and oxygen atoms in total. The number of fused-ring (bicyclic) bond motifs is 1. The number of para-hydroxylation sites is 1. The Bertz CT molecular complexity index is 2100. The Morgan fingerprint density at radius 3 is 2.15 bits per heavy atom. The van der Waals surface area contributed by atoms with Gasteiger partial charge in [0.25, 0.3) is 11.5 Å². The predicted molar refractivity (Wildman–Crippen MR) is 173 cm³/mol. The van der Waals surface area contributed by atoms with Crippen LogP contribution in [-0.4, -0.2) is 67.6 Å². The Hall–Kier alpha value is -5.56. The molecule has 0 bridgehead atoms. The van der Waals surface area contributed by atoms with Crippen LogP contribution >= 0.6 is 0 Å². The lowest BCUT2D eigenvalue weighted by molar-refractivity contribution is -0.123. The number of rotatable bonds is 7. The average molecular weight is 638 g/mol. The molecule has 0 spiro atoms. The molecular weight excluding hydrogens is 605 g/mol. The van der Waals surface area contributed by atoms with Crippen molar-refractivity contribution in [1.29, 1.82) is 0 Å². The molecule has 1 atom stereocenters. The van der Waals surface area contributed by atoms with E-state index in [9.17, 15) is 23.6 Å². The van der Waals surface area contributed by atoms with Crippen LogP contribution in [0.4, 0.5) is 16.0 Å². The summed E-state index contributed by atoms with van der Waals surface area (Å²) in [6.45, 7) is 2.10. The first-order valence-electron chi connectivity index (χ1n) is 15.3. The van der Waals surface area contributed by atoms with Gasteiger partial charge in [-0.15, -0.1) is 0 Å². The van der Waals surface area contributed by atoms with Gasteiger partial charge >= 0.3 is 5.69 Å². The minimum absolute atomic E-state index is 0.0718. The number of hydrogen-bond donors (Lipinski definition) is 0. The van der Waals surface area contributed by atoms with Gasteiger partial charge in [0.1, 0.15) is 17.3 Å². The van der Waals surface area contributed by atoms with E-state index in [1.807, 2.05) is 40.1 Å². The molecule has 47 heavy (non-hydrogen) atoms. The van der Waals surface area contributed by atoms with Gasteiger partial charge in [-0.1, -0.05) is 30.3 Å². The zero-order chi connectivity index (χ0) is 32.8. The minimum atomic E-state index is -0.601. The molecule has 13 heteroatoms. The number of halogens is 1. The van der Waals surface area contributed by atoms with Crippen LogP contribution in [0.25, 0.3) is 11.2 Å². The lowest BCUT2D eigenvalue weighted by Crippen LogP contribution is -2.53. The quantitative estimate of drug-likeness (QED) is 0.251. The van der Waals surface area contributed by atoms with Crippen molar-refractivity contribution in [3.63, 3.8) is 0 Å². The number of amides is 2. The summed E-state index contributed by atoms with van der Waals surface area (Å²) >= 11 is 0. The van der Waals surface area contributed by atoms with Crippen LogP contribution in [0, 0.1) is 5.82 Å². The number of anilines is 2. The molecule has 5 aromatic rings. The van der Waals surface area contributed by atoms with Crippen LogP contribution in [0.15, 0.2) is 88.5 Å². The van der Waals surface area contributed by atoms with Crippen LogP contribution in [0.5, 0.6) is 11.5 Å². The van der Waals surface area contributed by atoms with Gasteiger partial charge in [0.15, 0.2) is 11.2 Å². The maximum atomic E-state index is 13.7. The standard InChI is InChI=1S/C34H32FN7O5/c1-37-30-29(32(45)38(2)34(37)46)41(21-22-8-10-23(35)11-9-22)33(36-30)40-18-16-39(17-19-40)27-20-28(43)42(31(27)44)24-12-14-26(15-13-24)47-25-6-4-3-5-7-25/h3-15,27H,16-21H2,1-2H3. The van der Waals surface area contributed by atoms with Gasteiger partial charge in [-0.05, 0) is 54.1 Å². The number of nitrogens with zero attached hydrogens (tertiary/aromatic N) is 7. The lowest BCUT2D eigenvalue weighted by Gasteiger charge is -2.37. The van der Waals surface area contributed by atoms with Crippen molar-refractivity contribution >= 4 is 34.6 Å². The zero-order valence-electron chi connectivity index (χ0n) is 25.9. The van der Waals surface area contributed by atoms with E-state index in [0.717, 1.165) is 10.1 Å². The van der Waals surface area contributed by atoms with Crippen LogP contribution in [0.2, 0.25) is 0 Å². The van der Waals surface area contributed by atoms with Crippen LogP contribution in [0.3, 0.4) is 0 Å². The van der Waals surface area contributed by atoms with E-state index in [1.165, 1.54) is 28.6 Å². The third kappa shape index (κ3) is 5.48. The molecule has 2 aromatic heterocycles. The molecule has 2 amide bonds. The number of benzene rings is 3. The summed E-state index contributed by atoms with van der Waals surface area (Å²) in [6, 6.07) is 21.6. The van der Waals surface area contributed by atoms with Crippen molar-refractivity contribution in [1.82, 2.24) is 23.6 Å². The Kier molecular flexibility index (Phi) is 7.68. The van der Waals surface area contributed by atoms with Crippen molar-refractivity contribution in [2.24, 2.45) is 14.1 Å². The number of imide groups is 1. The number of hydrogen-bond acceptors (Lipinski definition) is 8. The van der Waals surface area contributed by atoms with Gasteiger partial charge in [-0.25, -0.2) is 14.1 Å². The molecule has 2 saturated heterocycles. The highest BCUT2D eigenvalue weighted by molar-refractivity contribution is 6.22.